The van der Waals surface area contributed by atoms with Crippen LogP contribution in [0.5, 0.6) is 0 Å². The molecular formula is C8H10N2O. The second-order valence-electron chi connectivity index (χ2n) is 2.73. The largest absolute Gasteiger partial charge is 0.273 e. The van der Waals surface area contributed by atoms with Crippen molar-refractivity contribution in [1.29, 1.82) is 0 Å². The van der Waals surface area contributed by atoms with Crippen molar-refractivity contribution in [2.45, 2.75) is 6.54 Å². The van der Waals surface area contributed by atoms with Gasteiger partial charge in [-0.2, -0.15) is 10.2 Å². The molecule has 0 saturated carbocycles. The van der Waals surface area contributed by atoms with E-state index in [-0.39, 0.29) is 0 Å². The van der Waals surface area contributed by atoms with Crippen molar-refractivity contribution in [2.75, 3.05) is 12.2 Å². The van der Waals surface area contributed by atoms with Gasteiger partial charge in [-0.25, -0.2) is 0 Å². The van der Waals surface area contributed by atoms with Crippen molar-refractivity contribution in [2.24, 2.45) is 0 Å². The van der Waals surface area contributed by atoms with Crippen molar-refractivity contribution in [3.05, 3.63) is 29.8 Å². The molecule has 2 rings (SSSR count). The quantitative estimate of drug-likeness (QED) is 0.602. The normalized spacial score (nSPS) is 17.1. The topological polar surface area (TPSA) is 26.7 Å². The molecule has 0 aliphatic carbocycles. The van der Waals surface area contributed by atoms with E-state index in [4.69, 9.17) is 0 Å². The number of benzene rings is 1. The lowest BCUT2D eigenvalue weighted by molar-refractivity contribution is 0.0985. The fraction of sp³-hybridized carbons (Fsp3) is 0.250. The first-order chi connectivity index (χ1) is 5.29. The van der Waals surface area contributed by atoms with Gasteiger partial charge in [0, 0.05) is 13.6 Å². The van der Waals surface area contributed by atoms with Gasteiger partial charge in [0.15, 0.2) is 0 Å². The molecule has 0 radical (unpaired) electrons. The van der Waals surface area contributed by atoms with E-state index in [2.05, 4.69) is 0 Å². The number of hydrazine groups is 1. The SMILES string of the molecule is CN1Cc2ccccc2N1O. The lowest BCUT2D eigenvalue weighted by Crippen LogP contribution is -2.30. The van der Waals surface area contributed by atoms with Gasteiger partial charge < -0.3 is 0 Å². The Morgan fingerprint density at radius 1 is 1.36 bits per heavy atom. The average molecular weight is 150 g/mol. The summed E-state index contributed by atoms with van der Waals surface area (Å²) >= 11 is 0. The fourth-order valence-electron chi connectivity index (χ4n) is 1.34. The molecule has 0 atom stereocenters. The Morgan fingerprint density at radius 2 is 2.09 bits per heavy atom. The van der Waals surface area contributed by atoms with Crippen LogP contribution in [0.4, 0.5) is 5.69 Å². The number of hydrogen-bond donors (Lipinski definition) is 1. The Hall–Kier alpha value is -1.06. The summed E-state index contributed by atoms with van der Waals surface area (Å²) in [4.78, 5) is 0. The molecule has 0 unspecified atom stereocenters. The minimum atomic E-state index is 0.784. The third-order valence-corrected chi connectivity index (χ3v) is 1.93. The highest BCUT2D eigenvalue weighted by atomic mass is 16.6. The van der Waals surface area contributed by atoms with E-state index in [1.54, 1.807) is 5.01 Å². The van der Waals surface area contributed by atoms with Crippen molar-refractivity contribution in [3.8, 4) is 0 Å². The van der Waals surface area contributed by atoms with Gasteiger partial charge in [0.2, 0.25) is 0 Å². The number of fused-ring (bicyclic) bond motifs is 1. The molecule has 3 nitrogen and oxygen atoms in total. The first-order valence-electron chi connectivity index (χ1n) is 3.57. The molecule has 0 amide bonds. The summed E-state index contributed by atoms with van der Waals surface area (Å²) in [6.45, 7) is 0.784. The first kappa shape index (κ1) is 6.64. The maximum atomic E-state index is 9.41. The summed E-state index contributed by atoms with van der Waals surface area (Å²) < 4.78 is 0. The summed E-state index contributed by atoms with van der Waals surface area (Å²) in [5.74, 6) is 0. The maximum Gasteiger partial charge on any atom is 0.0868 e. The van der Waals surface area contributed by atoms with E-state index < -0.39 is 0 Å². The Labute approximate surface area is 65.4 Å². The zero-order valence-corrected chi connectivity index (χ0v) is 6.36. The van der Waals surface area contributed by atoms with Crippen LogP contribution < -0.4 is 5.17 Å². The van der Waals surface area contributed by atoms with E-state index in [1.807, 2.05) is 31.3 Å². The Bertz CT molecular complexity index is 275. The summed E-state index contributed by atoms with van der Waals surface area (Å²) in [5, 5.41) is 12.3. The predicted octanol–water partition coefficient (Wildman–Crippen LogP) is 1.24. The summed E-state index contributed by atoms with van der Waals surface area (Å²) in [6, 6.07) is 7.81. The third kappa shape index (κ3) is 0.895. The van der Waals surface area contributed by atoms with Gasteiger partial charge in [0.25, 0.3) is 0 Å². The summed E-state index contributed by atoms with van der Waals surface area (Å²) in [7, 11) is 1.85. The standard InChI is InChI=1S/C8H10N2O/c1-9-6-7-4-2-3-5-8(7)10(9)11/h2-5,11H,6H2,1H3. The Balaban J connectivity index is 2.47. The molecule has 0 saturated heterocycles. The predicted molar refractivity (Wildman–Crippen MR) is 42.2 cm³/mol. The monoisotopic (exact) mass is 150 g/mol. The van der Waals surface area contributed by atoms with Crippen LogP contribution in [0.15, 0.2) is 24.3 Å². The van der Waals surface area contributed by atoms with Gasteiger partial charge in [-0.3, -0.25) is 5.21 Å². The maximum absolute atomic E-state index is 9.41. The molecule has 1 aromatic rings. The molecule has 58 valence electrons. The summed E-state index contributed by atoms with van der Waals surface area (Å²) in [5.41, 5.74) is 2.05. The zero-order valence-electron chi connectivity index (χ0n) is 6.36. The molecule has 11 heavy (non-hydrogen) atoms. The molecule has 1 heterocycles. The number of nitrogens with zero attached hydrogens (tertiary/aromatic N) is 2. The van der Waals surface area contributed by atoms with Crippen LogP contribution in [0.25, 0.3) is 0 Å². The van der Waals surface area contributed by atoms with Crippen molar-refractivity contribution in [3.63, 3.8) is 0 Å². The van der Waals surface area contributed by atoms with E-state index in [0.717, 1.165) is 17.8 Å². The summed E-state index contributed by atoms with van der Waals surface area (Å²) in [6.07, 6.45) is 0. The molecule has 0 spiro atoms. The third-order valence-electron chi connectivity index (χ3n) is 1.93. The average Bonchev–Trinajstić information content (AvgIpc) is 2.30. The molecule has 0 fully saturated rings. The molecule has 1 N–H and O–H groups in total. The van der Waals surface area contributed by atoms with Crippen LogP contribution in [0, 0.1) is 0 Å². The first-order valence-corrected chi connectivity index (χ1v) is 3.57. The number of para-hydroxylation sites is 1. The Morgan fingerprint density at radius 3 is 2.82 bits per heavy atom. The van der Waals surface area contributed by atoms with Crippen molar-refractivity contribution < 1.29 is 5.21 Å². The van der Waals surface area contributed by atoms with E-state index >= 15 is 0 Å². The van der Waals surface area contributed by atoms with E-state index in [1.165, 1.54) is 5.17 Å². The second-order valence-corrected chi connectivity index (χ2v) is 2.73. The molecule has 3 heteroatoms. The smallest absolute Gasteiger partial charge is 0.0868 e. The second kappa shape index (κ2) is 2.22. The number of anilines is 1. The van der Waals surface area contributed by atoms with Crippen LogP contribution in [0.3, 0.4) is 0 Å². The van der Waals surface area contributed by atoms with Gasteiger partial charge in [0.05, 0.1) is 5.69 Å². The van der Waals surface area contributed by atoms with Crippen LogP contribution in [0.1, 0.15) is 5.56 Å². The van der Waals surface area contributed by atoms with Gasteiger partial charge in [-0.1, -0.05) is 18.2 Å². The number of hydrogen-bond acceptors (Lipinski definition) is 3. The molecule has 1 aliphatic heterocycles. The zero-order chi connectivity index (χ0) is 7.84. The van der Waals surface area contributed by atoms with Crippen molar-refractivity contribution in [1.82, 2.24) is 5.01 Å². The highest BCUT2D eigenvalue weighted by Gasteiger charge is 2.21. The van der Waals surface area contributed by atoms with Gasteiger partial charge in [0.1, 0.15) is 0 Å². The van der Waals surface area contributed by atoms with Crippen LogP contribution >= 0.6 is 0 Å². The highest BCUT2D eigenvalue weighted by Crippen LogP contribution is 2.27. The fourth-order valence-corrected chi connectivity index (χ4v) is 1.34. The van der Waals surface area contributed by atoms with Gasteiger partial charge >= 0.3 is 0 Å². The van der Waals surface area contributed by atoms with Crippen LogP contribution in [-0.4, -0.2) is 17.3 Å². The molecule has 1 aliphatic rings. The highest BCUT2D eigenvalue weighted by molar-refractivity contribution is 5.53. The Kier molecular flexibility index (Phi) is 1.34. The van der Waals surface area contributed by atoms with Gasteiger partial charge in [-0.05, 0) is 11.6 Å². The van der Waals surface area contributed by atoms with E-state index in [9.17, 15) is 5.21 Å². The van der Waals surface area contributed by atoms with Gasteiger partial charge in [-0.15, -0.1) is 0 Å². The lowest BCUT2D eigenvalue weighted by Gasteiger charge is -2.17. The van der Waals surface area contributed by atoms with Crippen LogP contribution in [0.2, 0.25) is 0 Å². The molecular weight excluding hydrogens is 140 g/mol. The van der Waals surface area contributed by atoms with Crippen molar-refractivity contribution >= 4 is 5.69 Å². The number of rotatable bonds is 0. The minimum Gasteiger partial charge on any atom is -0.273 e. The lowest BCUT2D eigenvalue weighted by atomic mass is 10.2. The molecule has 1 aromatic carbocycles. The van der Waals surface area contributed by atoms with Crippen LogP contribution in [-0.2, 0) is 6.54 Å². The molecule has 0 aromatic heterocycles. The minimum absolute atomic E-state index is 0.784. The molecule has 0 bridgehead atoms. The van der Waals surface area contributed by atoms with E-state index in [0.29, 0.717) is 0 Å².